The minimum Gasteiger partial charge on any atom is -0.237 e. The van der Waals surface area contributed by atoms with Gasteiger partial charge in [0.25, 0.3) is 0 Å². The van der Waals surface area contributed by atoms with Crippen LogP contribution in [0, 0.1) is 3.70 Å². The first kappa shape index (κ1) is 11.2. The molecular weight excluding hydrogens is 362 g/mol. The van der Waals surface area contributed by atoms with Gasteiger partial charge in [-0.2, -0.15) is 13.2 Å². The molecular formula is C7H4BrF3IN. The quantitative estimate of drug-likeness (QED) is 0.421. The van der Waals surface area contributed by atoms with Crippen LogP contribution in [0.4, 0.5) is 13.2 Å². The molecule has 1 nitrogen and oxygen atoms in total. The third-order valence-electron chi connectivity index (χ3n) is 1.30. The molecule has 0 bridgehead atoms. The van der Waals surface area contributed by atoms with Gasteiger partial charge < -0.3 is 0 Å². The lowest BCUT2D eigenvalue weighted by Crippen LogP contribution is -2.09. The fraction of sp³-hybridized carbons (Fsp3) is 0.286. The second kappa shape index (κ2) is 4.12. The number of halogens is 5. The summed E-state index contributed by atoms with van der Waals surface area (Å²) in [5.41, 5.74) is -0.263. The van der Waals surface area contributed by atoms with Gasteiger partial charge in [-0.25, -0.2) is 4.98 Å². The first-order chi connectivity index (χ1) is 5.93. The lowest BCUT2D eigenvalue weighted by Gasteiger charge is -2.07. The van der Waals surface area contributed by atoms with Gasteiger partial charge in [-0.1, -0.05) is 15.9 Å². The van der Waals surface area contributed by atoms with Gasteiger partial charge in [0.1, 0.15) is 9.39 Å². The Kier molecular flexibility index (Phi) is 3.56. The van der Waals surface area contributed by atoms with E-state index in [1.54, 1.807) is 28.7 Å². The van der Waals surface area contributed by atoms with E-state index in [-0.39, 0.29) is 0 Å². The first-order valence-electron chi connectivity index (χ1n) is 3.23. The zero-order valence-corrected chi connectivity index (χ0v) is 9.94. The van der Waals surface area contributed by atoms with Crippen molar-refractivity contribution in [3.63, 3.8) is 0 Å². The summed E-state index contributed by atoms with van der Waals surface area (Å²) in [5, 5.41) is 0.397. The highest BCUT2D eigenvalue weighted by Crippen LogP contribution is 2.29. The number of pyridine rings is 1. The number of alkyl halides is 4. The number of aromatic nitrogens is 1. The van der Waals surface area contributed by atoms with Gasteiger partial charge in [0, 0.05) is 5.33 Å². The van der Waals surface area contributed by atoms with E-state index in [1.807, 2.05) is 0 Å². The van der Waals surface area contributed by atoms with Crippen LogP contribution in [-0.4, -0.2) is 4.98 Å². The molecule has 0 unspecified atom stereocenters. The van der Waals surface area contributed by atoms with Gasteiger partial charge in [0.05, 0.1) is 0 Å². The smallest absolute Gasteiger partial charge is 0.237 e. The van der Waals surface area contributed by atoms with Crippen molar-refractivity contribution in [2.75, 3.05) is 0 Å². The monoisotopic (exact) mass is 365 g/mol. The molecule has 0 radical (unpaired) electrons. The third kappa shape index (κ3) is 3.08. The normalized spacial score (nSPS) is 11.8. The maximum Gasteiger partial charge on any atom is 0.433 e. The lowest BCUT2D eigenvalue weighted by molar-refractivity contribution is -0.141. The Bertz CT molecular complexity index is 313. The summed E-state index contributed by atoms with van der Waals surface area (Å²) in [5.74, 6) is 0. The summed E-state index contributed by atoms with van der Waals surface area (Å²) >= 11 is 4.86. The van der Waals surface area contributed by atoms with Crippen molar-refractivity contribution in [3.8, 4) is 0 Å². The van der Waals surface area contributed by atoms with Crippen LogP contribution < -0.4 is 0 Å². The lowest BCUT2D eigenvalue weighted by atomic mass is 10.2. The Morgan fingerprint density at radius 3 is 2.46 bits per heavy atom. The third-order valence-corrected chi connectivity index (χ3v) is 2.50. The SMILES string of the molecule is FC(F)(F)c1cc(CBr)cc(I)n1. The second-order valence-electron chi connectivity index (χ2n) is 2.31. The molecule has 1 aromatic rings. The fourth-order valence-corrected chi connectivity index (χ4v) is 1.76. The summed E-state index contributed by atoms with van der Waals surface area (Å²) in [6, 6.07) is 2.64. The van der Waals surface area contributed by atoms with Crippen molar-refractivity contribution in [2.24, 2.45) is 0 Å². The van der Waals surface area contributed by atoms with Gasteiger partial charge in [-0.15, -0.1) is 0 Å². The summed E-state index contributed by atoms with van der Waals surface area (Å²) in [4.78, 5) is 3.39. The molecule has 0 aliphatic carbocycles. The highest BCUT2D eigenvalue weighted by molar-refractivity contribution is 14.1. The summed E-state index contributed by atoms with van der Waals surface area (Å²) < 4.78 is 37.0. The van der Waals surface area contributed by atoms with Crippen LogP contribution in [0.3, 0.4) is 0 Å². The standard InChI is InChI=1S/C7H4BrF3IN/c8-3-4-1-5(7(9,10)11)13-6(12)2-4/h1-2H,3H2. The van der Waals surface area contributed by atoms with Crippen LogP contribution in [0.5, 0.6) is 0 Å². The fourth-order valence-electron chi connectivity index (χ4n) is 0.772. The molecule has 0 aliphatic heterocycles. The van der Waals surface area contributed by atoms with E-state index in [4.69, 9.17) is 0 Å². The van der Waals surface area contributed by atoms with Crippen LogP contribution in [0.1, 0.15) is 11.3 Å². The van der Waals surface area contributed by atoms with Crippen molar-refractivity contribution >= 4 is 38.5 Å². The highest BCUT2D eigenvalue weighted by atomic mass is 127. The Labute approximate surface area is 95.0 Å². The molecule has 0 saturated carbocycles. The van der Waals surface area contributed by atoms with Gasteiger partial charge in [-0.05, 0) is 40.3 Å². The van der Waals surface area contributed by atoms with E-state index in [9.17, 15) is 13.2 Å². The van der Waals surface area contributed by atoms with Crippen molar-refractivity contribution < 1.29 is 13.2 Å². The zero-order chi connectivity index (χ0) is 10.1. The Hall–Kier alpha value is 0.150. The molecule has 0 atom stereocenters. The van der Waals surface area contributed by atoms with Gasteiger partial charge >= 0.3 is 6.18 Å². The van der Waals surface area contributed by atoms with Crippen molar-refractivity contribution in [3.05, 3.63) is 27.1 Å². The maximum atomic E-state index is 12.2. The largest absolute Gasteiger partial charge is 0.433 e. The van der Waals surface area contributed by atoms with Crippen molar-refractivity contribution in [1.29, 1.82) is 0 Å². The molecule has 72 valence electrons. The van der Waals surface area contributed by atoms with E-state index < -0.39 is 11.9 Å². The Morgan fingerprint density at radius 1 is 1.38 bits per heavy atom. The molecule has 0 saturated heterocycles. The molecule has 13 heavy (non-hydrogen) atoms. The minimum atomic E-state index is -4.36. The average Bonchev–Trinajstić information content (AvgIpc) is 2.01. The minimum absolute atomic E-state index is 0.349. The topological polar surface area (TPSA) is 12.9 Å². The second-order valence-corrected chi connectivity index (χ2v) is 3.98. The van der Waals surface area contributed by atoms with E-state index in [1.165, 1.54) is 0 Å². The summed E-state index contributed by atoms with van der Waals surface area (Å²) in [6.07, 6.45) is -4.36. The molecule has 0 aromatic carbocycles. The number of hydrogen-bond donors (Lipinski definition) is 0. The molecule has 0 aliphatic rings. The molecule has 6 heteroatoms. The predicted molar refractivity (Wildman–Crippen MR) is 54.6 cm³/mol. The van der Waals surface area contributed by atoms with E-state index in [0.717, 1.165) is 6.07 Å². The molecule has 1 aromatic heterocycles. The van der Waals surface area contributed by atoms with Gasteiger partial charge in [-0.3, -0.25) is 0 Å². The summed E-state index contributed by atoms with van der Waals surface area (Å²) in [7, 11) is 0. The molecule has 1 heterocycles. The number of nitrogens with zero attached hydrogens (tertiary/aromatic N) is 1. The number of hydrogen-bond acceptors (Lipinski definition) is 1. The highest BCUT2D eigenvalue weighted by Gasteiger charge is 2.32. The molecule has 1 rings (SSSR count). The predicted octanol–water partition coefficient (Wildman–Crippen LogP) is 3.60. The molecule has 0 amide bonds. The maximum absolute atomic E-state index is 12.2. The van der Waals surface area contributed by atoms with Crippen LogP contribution in [0.15, 0.2) is 12.1 Å². The molecule has 0 N–H and O–H groups in total. The first-order valence-corrected chi connectivity index (χ1v) is 5.43. The van der Waals surface area contributed by atoms with Crippen LogP contribution in [-0.2, 0) is 11.5 Å². The van der Waals surface area contributed by atoms with Crippen LogP contribution >= 0.6 is 38.5 Å². The Balaban J connectivity index is 3.16. The number of rotatable bonds is 1. The van der Waals surface area contributed by atoms with Crippen molar-refractivity contribution in [1.82, 2.24) is 4.98 Å². The molecule has 0 spiro atoms. The molecule has 0 fully saturated rings. The van der Waals surface area contributed by atoms with Gasteiger partial charge in [0.15, 0.2) is 0 Å². The average molecular weight is 366 g/mol. The van der Waals surface area contributed by atoms with Crippen LogP contribution in [0.25, 0.3) is 0 Å². The van der Waals surface area contributed by atoms with Crippen molar-refractivity contribution in [2.45, 2.75) is 11.5 Å². The van der Waals surface area contributed by atoms with Gasteiger partial charge in [0.2, 0.25) is 0 Å². The zero-order valence-electron chi connectivity index (χ0n) is 6.20. The van der Waals surface area contributed by atoms with Crippen LogP contribution in [0.2, 0.25) is 0 Å². The summed E-state index contributed by atoms with van der Waals surface area (Å²) in [6.45, 7) is 0. The van der Waals surface area contributed by atoms with E-state index >= 15 is 0 Å². The van der Waals surface area contributed by atoms with E-state index in [2.05, 4.69) is 20.9 Å². The van der Waals surface area contributed by atoms with E-state index in [0.29, 0.717) is 14.6 Å². The Morgan fingerprint density at radius 2 is 2.00 bits per heavy atom.